The molecule has 2 rings (SSSR count). The first-order chi connectivity index (χ1) is 9.49. The zero-order chi connectivity index (χ0) is 14.8. The molecule has 8 nitrogen and oxygen atoms in total. The fourth-order valence-electron chi connectivity index (χ4n) is 1.67. The molecule has 0 unspecified atom stereocenters. The normalized spacial score (nSPS) is 11.7. The summed E-state index contributed by atoms with van der Waals surface area (Å²) in [6.45, 7) is 1.90. The van der Waals surface area contributed by atoms with Crippen molar-refractivity contribution in [3.63, 3.8) is 0 Å². The van der Waals surface area contributed by atoms with E-state index < -0.39 is 10.0 Å². The summed E-state index contributed by atoms with van der Waals surface area (Å²) in [5, 5.41) is 7.01. The molecule has 1 amide bonds. The Labute approximate surface area is 120 Å². The number of likely N-dealkylation sites (N-methyl/N-ethyl adjacent to an activating group) is 1. The Hall–Kier alpha value is -1.65. The van der Waals surface area contributed by atoms with E-state index in [2.05, 4.69) is 20.3 Å². The van der Waals surface area contributed by atoms with Crippen LogP contribution in [-0.4, -0.2) is 43.8 Å². The average molecular weight is 317 g/mol. The van der Waals surface area contributed by atoms with E-state index in [1.807, 2.05) is 0 Å². The highest BCUT2D eigenvalue weighted by atomic mass is 32.2. The van der Waals surface area contributed by atoms with Crippen LogP contribution in [0.1, 0.15) is 6.92 Å². The van der Waals surface area contributed by atoms with Gasteiger partial charge in [0.05, 0.1) is 6.54 Å². The Morgan fingerprint density at radius 2 is 2.25 bits per heavy atom. The van der Waals surface area contributed by atoms with E-state index in [9.17, 15) is 13.2 Å². The van der Waals surface area contributed by atoms with Crippen molar-refractivity contribution >= 4 is 38.0 Å². The summed E-state index contributed by atoms with van der Waals surface area (Å²) in [5.74, 6) is -0.131. The highest BCUT2D eigenvalue weighted by Crippen LogP contribution is 2.24. The zero-order valence-electron chi connectivity index (χ0n) is 11.0. The molecule has 0 spiro atoms. The smallest absolute Gasteiger partial charge is 0.260 e. The van der Waals surface area contributed by atoms with Gasteiger partial charge >= 0.3 is 0 Å². The molecule has 0 bridgehead atoms. The van der Waals surface area contributed by atoms with Crippen LogP contribution in [0.25, 0.3) is 4.96 Å². The first kappa shape index (κ1) is 14.8. The number of hydrogen-bond donors (Lipinski definition) is 3. The summed E-state index contributed by atoms with van der Waals surface area (Å²) in [4.78, 5) is 16.1. The zero-order valence-corrected chi connectivity index (χ0v) is 12.6. The van der Waals surface area contributed by atoms with Gasteiger partial charge < -0.3 is 10.6 Å². The maximum absolute atomic E-state index is 12.3. The monoisotopic (exact) mass is 317 g/mol. The molecule has 0 aliphatic carbocycles. The quantitative estimate of drug-likeness (QED) is 0.687. The van der Waals surface area contributed by atoms with Crippen molar-refractivity contribution in [2.75, 3.05) is 25.5 Å². The molecule has 2 heterocycles. The van der Waals surface area contributed by atoms with Crippen LogP contribution in [-0.2, 0) is 14.8 Å². The van der Waals surface area contributed by atoms with Crippen LogP contribution in [0.2, 0.25) is 0 Å². The molecule has 20 heavy (non-hydrogen) atoms. The topological polar surface area (TPSA) is 105 Å². The number of carbonyl (C=O) groups excluding carboxylic acids is 1. The number of amides is 1. The van der Waals surface area contributed by atoms with Crippen molar-refractivity contribution in [3.8, 4) is 0 Å². The molecule has 0 saturated heterocycles. The summed E-state index contributed by atoms with van der Waals surface area (Å²) in [6.07, 6.45) is 1.62. The number of thiazole rings is 1. The van der Waals surface area contributed by atoms with Crippen LogP contribution >= 0.6 is 11.3 Å². The van der Waals surface area contributed by atoms with Gasteiger partial charge in [-0.15, -0.1) is 11.3 Å². The lowest BCUT2D eigenvalue weighted by Crippen LogP contribution is -2.37. The van der Waals surface area contributed by atoms with Gasteiger partial charge in [0.15, 0.2) is 15.8 Å². The molecule has 2 aromatic rings. The molecule has 0 saturated carbocycles. The standard InChI is InChI=1S/C10H15N5O3S2/c1-3-12-7(16)6-13-20(17,18)9-8(11-2)14-10-15(9)4-5-19-10/h4-5,11,13H,3,6H2,1-2H3,(H,12,16). The fourth-order valence-corrected chi connectivity index (χ4v) is 3.71. The predicted molar refractivity (Wildman–Crippen MR) is 76.5 cm³/mol. The predicted octanol–water partition coefficient (Wildman–Crippen LogP) is -0.148. The van der Waals surface area contributed by atoms with Gasteiger partial charge in [0.25, 0.3) is 10.0 Å². The number of rotatable bonds is 6. The molecular weight excluding hydrogens is 302 g/mol. The van der Waals surface area contributed by atoms with Crippen LogP contribution in [0.3, 0.4) is 0 Å². The van der Waals surface area contributed by atoms with Gasteiger partial charge in [-0.3, -0.25) is 9.20 Å². The van der Waals surface area contributed by atoms with Gasteiger partial charge in [-0.1, -0.05) is 0 Å². The van der Waals surface area contributed by atoms with Gasteiger partial charge in [-0.25, -0.2) is 18.1 Å². The Morgan fingerprint density at radius 1 is 1.50 bits per heavy atom. The van der Waals surface area contributed by atoms with Crippen molar-refractivity contribution in [3.05, 3.63) is 11.6 Å². The largest absolute Gasteiger partial charge is 0.371 e. The van der Waals surface area contributed by atoms with Crippen LogP contribution in [0, 0.1) is 0 Å². The molecule has 0 aromatic carbocycles. The minimum absolute atomic E-state index is 0.000508. The van der Waals surface area contributed by atoms with Crippen molar-refractivity contribution in [1.29, 1.82) is 0 Å². The minimum atomic E-state index is -3.84. The van der Waals surface area contributed by atoms with E-state index in [1.165, 1.54) is 15.7 Å². The third kappa shape index (κ3) is 2.76. The Bertz CT molecular complexity index is 718. The molecule has 0 radical (unpaired) electrons. The number of hydrogen-bond acceptors (Lipinski definition) is 6. The highest BCUT2D eigenvalue weighted by molar-refractivity contribution is 7.89. The Balaban J connectivity index is 2.31. The molecule has 2 aromatic heterocycles. The van der Waals surface area contributed by atoms with Gasteiger partial charge in [-0.05, 0) is 6.92 Å². The van der Waals surface area contributed by atoms with E-state index in [0.29, 0.717) is 11.5 Å². The Morgan fingerprint density at radius 3 is 2.90 bits per heavy atom. The van der Waals surface area contributed by atoms with E-state index in [1.54, 1.807) is 25.5 Å². The first-order valence-electron chi connectivity index (χ1n) is 5.89. The van der Waals surface area contributed by atoms with Gasteiger partial charge in [-0.2, -0.15) is 0 Å². The van der Waals surface area contributed by atoms with E-state index in [-0.39, 0.29) is 23.3 Å². The maximum atomic E-state index is 12.3. The van der Waals surface area contributed by atoms with Crippen molar-refractivity contribution in [1.82, 2.24) is 19.4 Å². The molecule has 0 aliphatic rings. The fraction of sp³-hybridized carbons (Fsp3) is 0.400. The van der Waals surface area contributed by atoms with Crippen LogP contribution in [0.5, 0.6) is 0 Å². The van der Waals surface area contributed by atoms with Gasteiger partial charge in [0, 0.05) is 25.2 Å². The third-order valence-electron chi connectivity index (χ3n) is 2.51. The molecule has 10 heteroatoms. The van der Waals surface area contributed by atoms with Gasteiger partial charge in [0.2, 0.25) is 5.91 Å². The lowest BCUT2D eigenvalue weighted by molar-refractivity contribution is -0.119. The summed E-state index contributed by atoms with van der Waals surface area (Å²) >= 11 is 1.33. The SMILES string of the molecule is CCNC(=O)CNS(=O)(=O)c1c(NC)nc2sccn12. The van der Waals surface area contributed by atoms with E-state index in [0.717, 1.165) is 0 Å². The molecule has 0 aliphatic heterocycles. The number of aromatic nitrogens is 2. The number of anilines is 1. The number of fused-ring (bicyclic) bond motifs is 1. The second-order valence-corrected chi connectivity index (χ2v) is 6.40. The second kappa shape index (κ2) is 5.77. The lowest BCUT2D eigenvalue weighted by Gasteiger charge is -2.07. The van der Waals surface area contributed by atoms with E-state index >= 15 is 0 Å². The minimum Gasteiger partial charge on any atom is -0.371 e. The third-order valence-corrected chi connectivity index (χ3v) is 4.69. The summed E-state index contributed by atoms with van der Waals surface area (Å²) in [6, 6.07) is 0. The van der Waals surface area contributed by atoms with Crippen molar-refractivity contribution < 1.29 is 13.2 Å². The first-order valence-corrected chi connectivity index (χ1v) is 8.25. The Kier molecular flexibility index (Phi) is 4.26. The van der Waals surface area contributed by atoms with Crippen molar-refractivity contribution in [2.45, 2.75) is 11.9 Å². The number of imidazole rings is 1. The second-order valence-electron chi connectivity index (χ2n) is 3.85. The molecule has 110 valence electrons. The van der Waals surface area contributed by atoms with Gasteiger partial charge in [0.1, 0.15) is 0 Å². The van der Waals surface area contributed by atoms with Crippen LogP contribution < -0.4 is 15.4 Å². The molecule has 0 atom stereocenters. The molecule has 3 N–H and O–H groups in total. The average Bonchev–Trinajstić information content (AvgIpc) is 2.96. The number of carbonyl (C=O) groups is 1. The number of sulfonamides is 1. The highest BCUT2D eigenvalue weighted by Gasteiger charge is 2.25. The molecule has 0 fully saturated rings. The van der Waals surface area contributed by atoms with Crippen molar-refractivity contribution in [2.24, 2.45) is 0 Å². The lowest BCUT2D eigenvalue weighted by atomic mass is 10.6. The number of nitrogens with zero attached hydrogens (tertiary/aromatic N) is 2. The van der Waals surface area contributed by atoms with E-state index in [4.69, 9.17) is 0 Å². The van der Waals surface area contributed by atoms with Crippen LogP contribution in [0.4, 0.5) is 5.82 Å². The summed E-state index contributed by atoms with van der Waals surface area (Å²) < 4.78 is 28.3. The van der Waals surface area contributed by atoms with Crippen LogP contribution in [0.15, 0.2) is 16.6 Å². The molecular formula is C10H15N5O3S2. The number of nitrogens with one attached hydrogen (secondary N) is 3. The maximum Gasteiger partial charge on any atom is 0.260 e. The summed E-state index contributed by atoms with van der Waals surface area (Å²) in [5.41, 5.74) is 0. The summed E-state index contributed by atoms with van der Waals surface area (Å²) in [7, 11) is -2.24.